The van der Waals surface area contributed by atoms with Gasteiger partial charge in [-0.05, 0) is 67.9 Å². The van der Waals surface area contributed by atoms with E-state index in [1.54, 1.807) is 49.4 Å². The molecule has 37 heavy (non-hydrogen) atoms. The Morgan fingerprint density at radius 2 is 1.62 bits per heavy atom. The van der Waals surface area contributed by atoms with Crippen molar-refractivity contribution in [1.29, 1.82) is 0 Å². The van der Waals surface area contributed by atoms with Gasteiger partial charge in [0, 0.05) is 11.6 Å². The topological polar surface area (TPSA) is 85.3 Å². The first kappa shape index (κ1) is 25.7. The Kier molecular flexibility index (Phi) is 7.42. The van der Waals surface area contributed by atoms with Crippen molar-refractivity contribution in [2.75, 3.05) is 25.2 Å². The maximum Gasteiger partial charge on any atom is 0.300 e. The lowest BCUT2D eigenvalue weighted by molar-refractivity contribution is -0.132. The van der Waals surface area contributed by atoms with Crippen LogP contribution in [-0.4, -0.2) is 37.1 Å². The summed E-state index contributed by atoms with van der Waals surface area (Å²) >= 11 is 0. The number of carbonyl (C=O) groups excluding carboxylic acids is 2. The van der Waals surface area contributed by atoms with Crippen LogP contribution < -0.4 is 19.1 Å². The molecule has 3 aromatic rings. The number of hydrogen-bond acceptors (Lipinski definition) is 6. The molecular weight excluding hydrogens is 484 g/mol. The number of ether oxygens (including phenoxy) is 3. The molecular formula is C28H25F2NO6. The Morgan fingerprint density at radius 1 is 0.919 bits per heavy atom. The van der Waals surface area contributed by atoms with Crippen molar-refractivity contribution < 1.29 is 37.7 Å². The number of Topliss-reactive ketones (excluding diaryl/α,β-unsaturated/α-hetero) is 1. The second kappa shape index (κ2) is 10.7. The molecule has 0 spiro atoms. The van der Waals surface area contributed by atoms with Crippen LogP contribution in [0.15, 0.2) is 66.2 Å². The predicted molar refractivity (Wildman–Crippen MR) is 133 cm³/mol. The normalized spacial score (nSPS) is 16.7. The predicted octanol–water partition coefficient (Wildman–Crippen LogP) is 5.40. The first-order valence-electron chi connectivity index (χ1n) is 11.6. The van der Waals surface area contributed by atoms with Crippen LogP contribution in [0.3, 0.4) is 0 Å². The highest BCUT2D eigenvalue weighted by atomic mass is 19.1. The highest BCUT2D eigenvalue weighted by Gasteiger charge is 2.48. The van der Waals surface area contributed by atoms with E-state index in [1.165, 1.54) is 7.11 Å². The number of rotatable bonds is 8. The SMILES string of the molecule is CCOc1ccc(/C(O)=C2\C(=O)C(=O)N(c3ccc(F)cc3F)C2c2ccc(OC)c(OCC)c2)cc1. The lowest BCUT2D eigenvalue weighted by atomic mass is 9.94. The van der Waals surface area contributed by atoms with Crippen LogP contribution in [0.25, 0.3) is 5.76 Å². The molecule has 1 atom stereocenters. The van der Waals surface area contributed by atoms with E-state index in [-0.39, 0.29) is 16.8 Å². The zero-order valence-electron chi connectivity index (χ0n) is 20.5. The minimum absolute atomic E-state index is 0.254. The van der Waals surface area contributed by atoms with Gasteiger partial charge < -0.3 is 19.3 Å². The lowest BCUT2D eigenvalue weighted by Crippen LogP contribution is -2.30. The summed E-state index contributed by atoms with van der Waals surface area (Å²) in [7, 11) is 1.46. The Balaban J connectivity index is 1.94. The van der Waals surface area contributed by atoms with E-state index in [0.29, 0.717) is 42.1 Å². The van der Waals surface area contributed by atoms with Crippen LogP contribution in [0.4, 0.5) is 14.5 Å². The van der Waals surface area contributed by atoms with E-state index in [0.717, 1.165) is 17.0 Å². The molecule has 1 unspecified atom stereocenters. The highest BCUT2D eigenvalue weighted by molar-refractivity contribution is 6.51. The summed E-state index contributed by atoms with van der Waals surface area (Å²) in [6.07, 6.45) is 0. The van der Waals surface area contributed by atoms with E-state index >= 15 is 0 Å². The molecule has 1 amide bonds. The third kappa shape index (κ3) is 4.84. The molecule has 1 aliphatic heterocycles. The van der Waals surface area contributed by atoms with Gasteiger partial charge in [0.1, 0.15) is 23.1 Å². The molecule has 1 heterocycles. The number of ketones is 1. The maximum absolute atomic E-state index is 14.9. The summed E-state index contributed by atoms with van der Waals surface area (Å²) in [4.78, 5) is 27.4. The zero-order chi connectivity index (χ0) is 26.7. The molecule has 7 nitrogen and oxygen atoms in total. The van der Waals surface area contributed by atoms with Gasteiger partial charge in [0.25, 0.3) is 11.7 Å². The van der Waals surface area contributed by atoms with Crippen LogP contribution in [0, 0.1) is 11.6 Å². The molecule has 1 aliphatic rings. The number of methoxy groups -OCH3 is 1. The third-order valence-corrected chi connectivity index (χ3v) is 5.86. The van der Waals surface area contributed by atoms with Gasteiger partial charge in [-0.3, -0.25) is 14.5 Å². The van der Waals surface area contributed by atoms with Crippen LogP contribution in [0.2, 0.25) is 0 Å². The largest absolute Gasteiger partial charge is 0.507 e. The summed E-state index contributed by atoms with van der Waals surface area (Å²) in [6.45, 7) is 4.35. The summed E-state index contributed by atoms with van der Waals surface area (Å²) in [5.41, 5.74) is 0.0303. The van der Waals surface area contributed by atoms with Gasteiger partial charge in [-0.25, -0.2) is 8.78 Å². The first-order chi connectivity index (χ1) is 17.8. The maximum atomic E-state index is 14.9. The van der Waals surface area contributed by atoms with Crippen LogP contribution in [0.5, 0.6) is 17.2 Å². The second-order valence-electron chi connectivity index (χ2n) is 8.07. The fourth-order valence-corrected chi connectivity index (χ4v) is 4.24. The number of halogens is 2. The Hall–Kier alpha value is -4.40. The standard InChI is InChI=1S/C28H25F2NO6/c1-4-36-19-10-6-16(7-11-19)26(32)24-25(17-8-13-22(35-3)23(14-17)37-5-2)31(28(34)27(24)33)21-12-9-18(29)15-20(21)30/h6-15,25,32H,4-5H2,1-3H3/b26-24+. The number of hydrogen-bond donors (Lipinski definition) is 1. The molecule has 0 aromatic heterocycles. The Bertz CT molecular complexity index is 1370. The van der Waals surface area contributed by atoms with Crippen molar-refractivity contribution in [2.24, 2.45) is 0 Å². The quantitative estimate of drug-likeness (QED) is 0.249. The fraction of sp³-hybridized carbons (Fsp3) is 0.214. The number of anilines is 1. The average Bonchev–Trinajstić information content (AvgIpc) is 3.14. The smallest absolute Gasteiger partial charge is 0.300 e. The van der Waals surface area contributed by atoms with Crippen LogP contribution >= 0.6 is 0 Å². The molecule has 0 bridgehead atoms. The minimum atomic E-state index is -1.24. The molecule has 0 radical (unpaired) electrons. The van der Waals surface area contributed by atoms with Gasteiger partial charge in [0.05, 0.1) is 37.6 Å². The molecule has 1 fully saturated rings. The van der Waals surface area contributed by atoms with E-state index in [1.807, 2.05) is 6.92 Å². The number of aliphatic hydroxyl groups excluding tert-OH is 1. The Morgan fingerprint density at radius 3 is 2.24 bits per heavy atom. The molecule has 1 saturated heterocycles. The summed E-state index contributed by atoms with van der Waals surface area (Å²) < 4.78 is 45.0. The number of amides is 1. The van der Waals surface area contributed by atoms with Crippen LogP contribution in [-0.2, 0) is 9.59 Å². The van der Waals surface area contributed by atoms with Gasteiger partial charge in [-0.15, -0.1) is 0 Å². The molecule has 1 N–H and O–H groups in total. The van der Waals surface area contributed by atoms with Crippen LogP contribution in [0.1, 0.15) is 31.0 Å². The van der Waals surface area contributed by atoms with Gasteiger partial charge in [0.2, 0.25) is 0 Å². The van der Waals surface area contributed by atoms with Crippen molar-refractivity contribution in [1.82, 2.24) is 0 Å². The average molecular weight is 510 g/mol. The van der Waals surface area contributed by atoms with Crippen molar-refractivity contribution in [3.05, 3.63) is 89.0 Å². The molecule has 192 valence electrons. The Labute approximate surface area is 212 Å². The van der Waals surface area contributed by atoms with E-state index in [4.69, 9.17) is 14.2 Å². The van der Waals surface area contributed by atoms with Gasteiger partial charge in [-0.2, -0.15) is 0 Å². The van der Waals surface area contributed by atoms with Crippen molar-refractivity contribution in [2.45, 2.75) is 19.9 Å². The van der Waals surface area contributed by atoms with E-state index in [2.05, 4.69) is 0 Å². The van der Waals surface area contributed by atoms with Crippen molar-refractivity contribution >= 4 is 23.1 Å². The third-order valence-electron chi connectivity index (χ3n) is 5.86. The minimum Gasteiger partial charge on any atom is -0.507 e. The molecule has 3 aromatic carbocycles. The molecule has 4 rings (SSSR count). The molecule has 0 aliphatic carbocycles. The number of carbonyl (C=O) groups is 2. The summed E-state index contributed by atoms with van der Waals surface area (Å²) in [6, 6.07) is 12.5. The second-order valence-corrected chi connectivity index (χ2v) is 8.07. The first-order valence-corrected chi connectivity index (χ1v) is 11.6. The summed E-state index contributed by atoms with van der Waals surface area (Å²) in [5.74, 6) is -3.13. The highest BCUT2D eigenvalue weighted by Crippen LogP contribution is 2.45. The van der Waals surface area contributed by atoms with Gasteiger partial charge in [0.15, 0.2) is 11.5 Å². The van der Waals surface area contributed by atoms with Gasteiger partial charge >= 0.3 is 0 Å². The van der Waals surface area contributed by atoms with Gasteiger partial charge in [-0.1, -0.05) is 6.07 Å². The van der Waals surface area contributed by atoms with E-state index in [9.17, 15) is 23.5 Å². The summed E-state index contributed by atoms with van der Waals surface area (Å²) in [5, 5.41) is 11.2. The number of aliphatic hydroxyl groups is 1. The lowest BCUT2D eigenvalue weighted by Gasteiger charge is -2.26. The van der Waals surface area contributed by atoms with Crippen molar-refractivity contribution in [3.63, 3.8) is 0 Å². The van der Waals surface area contributed by atoms with E-state index < -0.39 is 35.1 Å². The number of nitrogens with zero attached hydrogens (tertiary/aromatic N) is 1. The van der Waals surface area contributed by atoms with Crippen molar-refractivity contribution in [3.8, 4) is 17.2 Å². The molecule has 0 saturated carbocycles. The zero-order valence-corrected chi connectivity index (χ0v) is 20.5. The number of benzene rings is 3. The monoisotopic (exact) mass is 509 g/mol. The fourth-order valence-electron chi connectivity index (χ4n) is 4.24. The molecule has 9 heteroatoms.